The Bertz CT molecular complexity index is 886. The molecule has 8 nitrogen and oxygen atoms in total. The topological polar surface area (TPSA) is 106 Å². The Morgan fingerprint density at radius 1 is 1.08 bits per heavy atom. The van der Waals surface area contributed by atoms with Gasteiger partial charge in [0.2, 0.25) is 11.3 Å². The van der Waals surface area contributed by atoms with Gasteiger partial charge in [-0.15, -0.1) is 0 Å². The van der Waals surface area contributed by atoms with Crippen LogP contribution < -0.4 is 10.4 Å². The molecule has 0 spiro atoms. The smallest absolute Gasteiger partial charge is 0.230 e. The van der Waals surface area contributed by atoms with Crippen molar-refractivity contribution in [3.8, 4) is 17.2 Å². The minimum absolute atomic E-state index is 0.0745. The maximum absolute atomic E-state index is 12.6. The lowest BCUT2D eigenvalue weighted by Gasteiger charge is -2.33. The monoisotopic (exact) mass is 359 g/mol. The zero-order chi connectivity index (χ0) is 19.0. The van der Waals surface area contributed by atoms with E-state index in [-0.39, 0.29) is 48.8 Å². The quantitative estimate of drug-likeness (QED) is 0.750. The predicted molar refractivity (Wildman–Crippen MR) is 94.6 cm³/mol. The van der Waals surface area contributed by atoms with Crippen LogP contribution in [0.1, 0.15) is 25.1 Å². The van der Waals surface area contributed by atoms with E-state index in [0.717, 1.165) is 0 Å². The molecule has 0 aliphatic carbocycles. The number of phenolic OH excluding ortho intramolecular Hbond substituents is 2. The average Bonchev–Trinajstić information content (AvgIpc) is 2.68. The first-order valence-electron chi connectivity index (χ1n) is 8.26. The van der Waals surface area contributed by atoms with Crippen molar-refractivity contribution in [1.82, 2.24) is 9.58 Å². The van der Waals surface area contributed by atoms with Gasteiger partial charge < -0.3 is 20.2 Å². The van der Waals surface area contributed by atoms with Gasteiger partial charge in [-0.1, -0.05) is 0 Å². The Morgan fingerprint density at radius 3 is 2.35 bits per heavy atom. The van der Waals surface area contributed by atoms with Crippen molar-refractivity contribution in [3.63, 3.8) is 0 Å². The number of benzene rings is 1. The number of pyridine rings is 1. The third-order valence-corrected chi connectivity index (χ3v) is 4.36. The highest BCUT2D eigenvalue weighted by Gasteiger charge is 2.28. The number of hydrogen-bond acceptors (Lipinski definition) is 6. The summed E-state index contributed by atoms with van der Waals surface area (Å²) in [4.78, 5) is 26.0. The third-order valence-electron chi connectivity index (χ3n) is 4.36. The molecule has 1 aliphatic rings. The molecule has 0 bridgehead atoms. The molecule has 26 heavy (non-hydrogen) atoms. The maximum atomic E-state index is 12.6. The lowest BCUT2D eigenvalue weighted by atomic mass is 10.2. The lowest BCUT2D eigenvalue weighted by molar-refractivity contribution is -0.131. The Hall–Kier alpha value is -3.16. The molecule has 2 heterocycles. The number of carbonyl (C=O) groups is 1. The summed E-state index contributed by atoms with van der Waals surface area (Å²) in [6.45, 7) is 4.24. The van der Waals surface area contributed by atoms with E-state index in [4.69, 9.17) is 0 Å². The van der Waals surface area contributed by atoms with Gasteiger partial charge in [0.25, 0.3) is 0 Å². The van der Waals surface area contributed by atoms with Crippen molar-refractivity contribution in [3.05, 3.63) is 51.9 Å². The lowest BCUT2D eigenvalue weighted by Crippen LogP contribution is -2.46. The number of hydrogen-bond donors (Lipinski definition) is 3. The van der Waals surface area contributed by atoms with Crippen LogP contribution in [0.3, 0.4) is 0 Å². The van der Waals surface area contributed by atoms with Crippen molar-refractivity contribution in [2.45, 2.75) is 32.9 Å². The van der Waals surface area contributed by atoms with Crippen molar-refractivity contribution in [1.29, 1.82) is 0 Å². The fourth-order valence-electron chi connectivity index (χ4n) is 3.09. The Labute approximate surface area is 150 Å². The molecule has 1 amide bonds. The number of rotatable bonds is 3. The first-order valence-corrected chi connectivity index (χ1v) is 8.26. The number of carbonyl (C=O) groups excluding carboxylic acids is 1. The highest BCUT2D eigenvalue weighted by atomic mass is 16.3. The van der Waals surface area contributed by atoms with E-state index in [2.05, 4.69) is 0 Å². The van der Waals surface area contributed by atoms with Crippen molar-refractivity contribution < 1.29 is 20.1 Å². The van der Waals surface area contributed by atoms with Crippen LogP contribution >= 0.6 is 0 Å². The van der Waals surface area contributed by atoms with Gasteiger partial charge in [0, 0.05) is 24.4 Å². The largest absolute Gasteiger partial charge is 0.508 e. The zero-order valence-corrected chi connectivity index (χ0v) is 14.6. The maximum Gasteiger partial charge on any atom is 0.230 e. The van der Waals surface area contributed by atoms with E-state index in [1.807, 2.05) is 13.8 Å². The van der Waals surface area contributed by atoms with Crippen LogP contribution in [-0.4, -0.2) is 43.5 Å². The number of aromatic nitrogens is 1. The van der Waals surface area contributed by atoms with E-state index >= 15 is 0 Å². The van der Waals surface area contributed by atoms with Crippen molar-refractivity contribution in [2.24, 2.45) is 0 Å². The summed E-state index contributed by atoms with van der Waals surface area (Å²) >= 11 is 0. The molecule has 0 fully saturated rings. The van der Waals surface area contributed by atoms with Gasteiger partial charge >= 0.3 is 0 Å². The number of fused-ring (bicyclic) bond motifs is 1. The summed E-state index contributed by atoms with van der Waals surface area (Å²) in [5.74, 6) is -0.796. The van der Waals surface area contributed by atoms with Crippen LogP contribution in [0.25, 0.3) is 0 Å². The molecule has 0 radical (unpaired) electrons. The van der Waals surface area contributed by atoms with E-state index in [0.29, 0.717) is 5.56 Å². The molecule has 0 saturated heterocycles. The summed E-state index contributed by atoms with van der Waals surface area (Å²) in [5, 5.41) is 31.3. The second-order valence-electron chi connectivity index (χ2n) is 6.62. The standard InChI is InChI=1S/C18H21N3O5/c1-11(2)20-10-19(9-12-5-13(22)7-14(23)6-12)21-4-3-16(24)18(26)15(21)8-17(20)25/h3-7,11,22-23,26H,8-10H2,1-2H3. The van der Waals surface area contributed by atoms with E-state index in [1.54, 1.807) is 14.6 Å². The molecule has 1 aromatic heterocycles. The van der Waals surface area contributed by atoms with Crippen molar-refractivity contribution >= 4 is 5.91 Å². The van der Waals surface area contributed by atoms with Crippen molar-refractivity contribution in [2.75, 3.05) is 11.7 Å². The zero-order valence-electron chi connectivity index (χ0n) is 14.6. The van der Waals surface area contributed by atoms with E-state index in [1.165, 1.54) is 30.5 Å². The molecular formula is C18H21N3O5. The Kier molecular flexibility index (Phi) is 4.50. The molecule has 2 aromatic rings. The molecular weight excluding hydrogens is 338 g/mol. The third kappa shape index (κ3) is 3.30. The fraction of sp³-hybridized carbons (Fsp3) is 0.333. The normalized spacial score (nSPS) is 14.5. The summed E-state index contributed by atoms with van der Waals surface area (Å²) in [6, 6.07) is 5.40. The molecule has 0 saturated carbocycles. The molecule has 1 aromatic carbocycles. The fourth-order valence-corrected chi connectivity index (χ4v) is 3.09. The summed E-state index contributed by atoms with van der Waals surface area (Å²) in [7, 11) is 0. The van der Waals surface area contributed by atoms with Gasteiger partial charge in [0.1, 0.15) is 18.2 Å². The molecule has 8 heteroatoms. The van der Waals surface area contributed by atoms with Gasteiger partial charge in [-0.25, -0.2) is 0 Å². The van der Waals surface area contributed by atoms with E-state index in [9.17, 15) is 24.9 Å². The first-order chi connectivity index (χ1) is 12.3. The molecule has 0 unspecified atom stereocenters. The number of amides is 1. The first kappa shape index (κ1) is 17.7. The summed E-state index contributed by atoms with van der Waals surface area (Å²) < 4.78 is 1.58. The highest BCUT2D eigenvalue weighted by molar-refractivity contribution is 5.80. The second kappa shape index (κ2) is 6.62. The highest BCUT2D eigenvalue weighted by Crippen LogP contribution is 2.24. The number of aromatic hydroxyl groups is 3. The number of phenols is 2. The van der Waals surface area contributed by atoms with Gasteiger partial charge in [-0.2, -0.15) is 0 Å². The van der Waals surface area contributed by atoms with Crippen LogP contribution in [0.15, 0.2) is 35.3 Å². The molecule has 1 aliphatic heterocycles. The van der Waals surface area contributed by atoms with Crippen LogP contribution in [0.4, 0.5) is 0 Å². The van der Waals surface area contributed by atoms with E-state index < -0.39 is 11.2 Å². The van der Waals surface area contributed by atoms with Crippen LogP contribution in [0.5, 0.6) is 17.2 Å². The SMILES string of the molecule is CC(C)N1CN(Cc2cc(O)cc(O)c2)n2ccc(=O)c(O)c2CC1=O. The second-order valence-corrected chi connectivity index (χ2v) is 6.62. The summed E-state index contributed by atoms with van der Waals surface area (Å²) in [6.07, 6.45) is 1.42. The Balaban J connectivity index is 2.07. The van der Waals surface area contributed by atoms with Crippen LogP contribution in [-0.2, 0) is 17.8 Å². The predicted octanol–water partition coefficient (Wildman–Crippen LogP) is 0.854. The van der Waals surface area contributed by atoms with Gasteiger partial charge in [0.15, 0.2) is 5.75 Å². The van der Waals surface area contributed by atoms with Gasteiger partial charge in [-0.3, -0.25) is 19.3 Å². The molecule has 3 rings (SSSR count). The van der Waals surface area contributed by atoms with Crippen LogP contribution in [0.2, 0.25) is 0 Å². The molecule has 3 N–H and O–H groups in total. The minimum Gasteiger partial charge on any atom is -0.508 e. The number of nitrogens with zero attached hydrogens (tertiary/aromatic N) is 3. The Morgan fingerprint density at radius 2 is 1.73 bits per heavy atom. The van der Waals surface area contributed by atoms with Gasteiger partial charge in [0.05, 0.1) is 18.7 Å². The molecule has 138 valence electrons. The minimum atomic E-state index is -0.544. The average molecular weight is 359 g/mol. The molecule has 0 atom stereocenters. The van der Waals surface area contributed by atoms with Crippen LogP contribution in [0, 0.1) is 0 Å². The van der Waals surface area contributed by atoms with Gasteiger partial charge in [-0.05, 0) is 31.5 Å². The summed E-state index contributed by atoms with van der Waals surface area (Å²) in [5.41, 5.74) is 0.289.